The van der Waals surface area contributed by atoms with Gasteiger partial charge in [0.1, 0.15) is 5.78 Å². The van der Waals surface area contributed by atoms with E-state index in [1.807, 2.05) is 0 Å². The second-order valence-corrected chi connectivity index (χ2v) is 7.55. The number of hydrogen-bond acceptors (Lipinski definition) is 1. The van der Waals surface area contributed by atoms with Gasteiger partial charge in [-0.3, -0.25) is 4.79 Å². The maximum absolute atomic E-state index is 13.3. The van der Waals surface area contributed by atoms with Crippen LogP contribution in [0.1, 0.15) is 44.1 Å². The van der Waals surface area contributed by atoms with Crippen molar-refractivity contribution >= 4 is 5.78 Å². The number of carbonyl (C=O) groups excluding carboxylic acids is 1. The predicted octanol–water partition coefficient (Wildman–Crippen LogP) is 4.29. The molecule has 0 N–H and O–H groups in total. The van der Waals surface area contributed by atoms with Crippen LogP contribution in [0.25, 0.3) is 0 Å². The minimum Gasteiger partial charge on any atom is -0.299 e. The molecule has 0 radical (unpaired) electrons. The third kappa shape index (κ3) is 2.21. The summed E-state index contributed by atoms with van der Waals surface area (Å²) in [6.07, 6.45) is 7.25. The van der Waals surface area contributed by atoms with Gasteiger partial charge in [0.15, 0.2) is 11.6 Å². The van der Waals surface area contributed by atoms with Gasteiger partial charge in [-0.2, -0.15) is 0 Å². The highest BCUT2D eigenvalue weighted by atomic mass is 19.2. The molecule has 0 amide bonds. The van der Waals surface area contributed by atoms with Gasteiger partial charge in [-0.1, -0.05) is 6.07 Å². The number of carbonyl (C=O) groups is 1. The summed E-state index contributed by atoms with van der Waals surface area (Å²) in [7, 11) is 0. The highest BCUT2D eigenvalue weighted by Crippen LogP contribution is 2.60. The summed E-state index contributed by atoms with van der Waals surface area (Å²) in [6, 6.07) is 3.84. The molecule has 0 spiro atoms. The average Bonchev–Trinajstić information content (AvgIpc) is 2.41. The highest BCUT2D eigenvalue weighted by molar-refractivity contribution is 5.87. The molecule has 0 saturated heterocycles. The molecule has 1 aromatic carbocycles. The van der Waals surface area contributed by atoms with E-state index in [-0.39, 0.29) is 17.6 Å². The average molecular weight is 290 g/mol. The maximum atomic E-state index is 13.3. The van der Waals surface area contributed by atoms with Gasteiger partial charge in [-0.05, 0) is 74.0 Å². The maximum Gasteiger partial charge on any atom is 0.159 e. The van der Waals surface area contributed by atoms with Crippen molar-refractivity contribution < 1.29 is 13.6 Å². The number of rotatable bonds is 3. The van der Waals surface area contributed by atoms with Crippen LogP contribution < -0.4 is 0 Å². The van der Waals surface area contributed by atoms with E-state index in [0.717, 1.165) is 43.1 Å². The third-order valence-corrected chi connectivity index (χ3v) is 5.98. The molecule has 4 aliphatic rings. The minimum atomic E-state index is -0.856. The molecule has 0 heterocycles. The predicted molar refractivity (Wildman–Crippen MR) is 75.7 cm³/mol. The van der Waals surface area contributed by atoms with E-state index in [4.69, 9.17) is 0 Å². The lowest BCUT2D eigenvalue weighted by atomic mass is 9.48. The van der Waals surface area contributed by atoms with Gasteiger partial charge >= 0.3 is 0 Å². The fourth-order valence-corrected chi connectivity index (χ4v) is 5.47. The molecule has 3 heteroatoms. The van der Waals surface area contributed by atoms with Gasteiger partial charge in [0.25, 0.3) is 0 Å². The highest BCUT2D eigenvalue weighted by Gasteiger charge is 2.53. The number of Topliss-reactive ketones (excluding diaryl/α,β-unsaturated/α-hetero) is 1. The van der Waals surface area contributed by atoms with Gasteiger partial charge < -0.3 is 0 Å². The van der Waals surface area contributed by atoms with E-state index in [9.17, 15) is 13.6 Å². The Labute approximate surface area is 123 Å². The second-order valence-electron chi connectivity index (χ2n) is 7.55. The van der Waals surface area contributed by atoms with Crippen LogP contribution >= 0.6 is 0 Å². The zero-order chi connectivity index (χ0) is 14.6. The molecule has 5 rings (SSSR count). The van der Waals surface area contributed by atoms with Crippen LogP contribution in [0.3, 0.4) is 0 Å². The summed E-state index contributed by atoms with van der Waals surface area (Å²) in [5, 5.41) is 0. The van der Waals surface area contributed by atoms with Crippen LogP contribution in [0.15, 0.2) is 18.2 Å². The van der Waals surface area contributed by atoms with E-state index in [0.29, 0.717) is 5.56 Å². The van der Waals surface area contributed by atoms with Crippen molar-refractivity contribution in [3.8, 4) is 0 Å². The fraction of sp³-hybridized carbons (Fsp3) is 0.611. The van der Waals surface area contributed by atoms with Crippen molar-refractivity contribution in [3.63, 3.8) is 0 Å². The Balaban J connectivity index is 1.56. The quantitative estimate of drug-likeness (QED) is 0.811. The molecule has 21 heavy (non-hydrogen) atoms. The summed E-state index contributed by atoms with van der Waals surface area (Å²) in [5.41, 5.74) is 0.453. The van der Waals surface area contributed by atoms with Gasteiger partial charge in [-0.25, -0.2) is 8.78 Å². The van der Waals surface area contributed by atoms with Gasteiger partial charge in [0.05, 0.1) is 0 Å². The van der Waals surface area contributed by atoms with Crippen LogP contribution in [-0.4, -0.2) is 5.78 Å². The number of ketones is 1. The van der Waals surface area contributed by atoms with Crippen LogP contribution in [0.5, 0.6) is 0 Å². The normalized spacial score (nSPS) is 37.0. The Morgan fingerprint density at radius 2 is 1.57 bits per heavy atom. The first-order valence-corrected chi connectivity index (χ1v) is 8.01. The first-order chi connectivity index (χ1) is 10.0. The lowest BCUT2D eigenvalue weighted by Crippen LogP contribution is -2.50. The van der Waals surface area contributed by atoms with E-state index in [1.54, 1.807) is 0 Å². The molecule has 1 aromatic rings. The molecule has 1 nitrogen and oxygen atoms in total. The molecule has 0 aromatic heterocycles. The van der Waals surface area contributed by atoms with Crippen LogP contribution in [0.2, 0.25) is 0 Å². The molecule has 4 aliphatic carbocycles. The molecular weight excluding hydrogens is 270 g/mol. The van der Waals surface area contributed by atoms with Crippen molar-refractivity contribution in [1.29, 1.82) is 0 Å². The van der Waals surface area contributed by atoms with E-state index in [1.165, 1.54) is 31.4 Å². The Morgan fingerprint density at radius 3 is 2.10 bits per heavy atom. The van der Waals surface area contributed by atoms with Crippen molar-refractivity contribution in [2.45, 2.75) is 44.9 Å². The summed E-state index contributed by atoms with van der Waals surface area (Å²) < 4.78 is 26.3. The van der Waals surface area contributed by atoms with Crippen LogP contribution in [0, 0.1) is 34.8 Å². The lowest BCUT2D eigenvalue weighted by molar-refractivity contribution is -0.143. The van der Waals surface area contributed by atoms with Crippen molar-refractivity contribution in [2.24, 2.45) is 23.2 Å². The van der Waals surface area contributed by atoms with Crippen molar-refractivity contribution in [2.75, 3.05) is 0 Å². The Kier molecular flexibility index (Phi) is 2.95. The molecular formula is C18H20F2O. The fourth-order valence-electron chi connectivity index (χ4n) is 5.47. The zero-order valence-electron chi connectivity index (χ0n) is 12.1. The van der Waals surface area contributed by atoms with Crippen molar-refractivity contribution in [1.82, 2.24) is 0 Å². The zero-order valence-corrected chi connectivity index (χ0v) is 12.1. The summed E-state index contributed by atoms with van der Waals surface area (Å²) in [5.74, 6) is 0.736. The molecule has 112 valence electrons. The monoisotopic (exact) mass is 290 g/mol. The Morgan fingerprint density at radius 1 is 1.00 bits per heavy atom. The number of hydrogen-bond donors (Lipinski definition) is 0. The number of benzene rings is 1. The lowest BCUT2D eigenvalue weighted by Gasteiger charge is -2.56. The minimum absolute atomic E-state index is 0.153. The molecule has 0 aliphatic heterocycles. The smallest absolute Gasteiger partial charge is 0.159 e. The first-order valence-electron chi connectivity index (χ1n) is 8.01. The van der Waals surface area contributed by atoms with E-state index in [2.05, 4.69) is 0 Å². The second kappa shape index (κ2) is 4.62. The van der Waals surface area contributed by atoms with E-state index >= 15 is 0 Å². The topological polar surface area (TPSA) is 17.1 Å². The summed E-state index contributed by atoms with van der Waals surface area (Å²) in [4.78, 5) is 12.8. The largest absolute Gasteiger partial charge is 0.299 e. The van der Waals surface area contributed by atoms with E-state index < -0.39 is 11.6 Å². The standard InChI is InChI=1S/C18H20F2O/c19-15-2-1-11(6-16(15)20)7-17(21)18-8-12-3-13(9-18)5-14(4-12)10-18/h1-2,6,12-14H,3-5,7-10H2. The van der Waals surface area contributed by atoms with Gasteiger partial charge in [-0.15, -0.1) is 0 Å². The van der Waals surface area contributed by atoms with Crippen molar-refractivity contribution in [3.05, 3.63) is 35.4 Å². The number of halogens is 2. The van der Waals surface area contributed by atoms with Gasteiger partial charge in [0, 0.05) is 11.8 Å². The molecule has 4 fully saturated rings. The molecule has 4 saturated carbocycles. The SMILES string of the molecule is O=C(Cc1ccc(F)c(F)c1)C12CC3CC(CC(C3)C1)C2. The first kappa shape index (κ1) is 13.4. The third-order valence-electron chi connectivity index (χ3n) is 5.98. The molecule has 4 bridgehead atoms. The van der Waals surface area contributed by atoms with Crippen LogP contribution in [-0.2, 0) is 11.2 Å². The Hall–Kier alpha value is -1.25. The summed E-state index contributed by atoms with van der Waals surface area (Å²) >= 11 is 0. The molecule has 0 atom stereocenters. The molecule has 0 unspecified atom stereocenters. The Bertz CT molecular complexity index is 558. The summed E-state index contributed by atoms with van der Waals surface area (Å²) in [6.45, 7) is 0. The van der Waals surface area contributed by atoms with Gasteiger partial charge in [0.2, 0.25) is 0 Å². The van der Waals surface area contributed by atoms with Crippen LogP contribution in [0.4, 0.5) is 8.78 Å².